The summed E-state index contributed by atoms with van der Waals surface area (Å²) in [6.07, 6.45) is 0. The number of fused-ring (bicyclic) bond motifs is 1. The number of aromatic nitrogens is 2. The summed E-state index contributed by atoms with van der Waals surface area (Å²) in [7, 11) is 1.93. The number of anilines is 2. The summed E-state index contributed by atoms with van der Waals surface area (Å²) in [4.78, 5) is 9.73. The fourth-order valence-electron chi connectivity index (χ4n) is 1.91. The largest absolute Gasteiger partial charge is 0.324 e. The third-order valence-corrected chi connectivity index (χ3v) is 3.72. The summed E-state index contributed by atoms with van der Waals surface area (Å²) < 4.78 is 0. The highest BCUT2D eigenvalue weighted by Gasteiger charge is 2.10. The van der Waals surface area contributed by atoms with E-state index in [0.29, 0.717) is 10.0 Å². The van der Waals surface area contributed by atoms with Crippen molar-refractivity contribution in [3.63, 3.8) is 0 Å². The Morgan fingerprint density at radius 2 is 1.84 bits per heavy atom. The minimum Gasteiger partial charge on any atom is -0.324 e. The summed E-state index contributed by atoms with van der Waals surface area (Å²) in [5.41, 5.74) is 2.86. The fraction of sp³-hybridized carbons (Fsp3) is 0.0714. The number of hydrogen-bond donors (Lipinski definition) is 1. The predicted molar refractivity (Wildman–Crippen MR) is 80.6 cm³/mol. The number of para-hydroxylation sites is 2. The summed E-state index contributed by atoms with van der Waals surface area (Å²) in [6.45, 7) is 0. The van der Waals surface area contributed by atoms with E-state index in [9.17, 15) is 0 Å². The van der Waals surface area contributed by atoms with E-state index in [0.717, 1.165) is 22.7 Å². The number of halogens is 2. The monoisotopic (exact) mass is 291 g/mol. The molecule has 0 aliphatic carbocycles. The summed E-state index contributed by atoms with van der Waals surface area (Å²) in [5, 5.41) is 1.07. The van der Waals surface area contributed by atoms with Crippen LogP contribution in [-0.4, -0.2) is 17.0 Å². The van der Waals surface area contributed by atoms with Crippen molar-refractivity contribution in [2.75, 3.05) is 11.9 Å². The van der Waals surface area contributed by atoms with Gasteiger partial charge < -0.3 is 9.88 Å². The predicted octanol–water partition coefficient (Wildman–Crippen LogP) is 4.64. The maximum Gasteiger partial charge on any atom is 0.208 e. The Hall–Kier alpha value is -1.71. The minimum absolute atomic E-state index is 0.530. The van der Waals surface area contributed by atoms with Crippen molar-refractivity contribution in [2.24, 2.45) is 0 Å². The number of nitrogens with zero attached hydrogens (tertiary/aromatic N) is 2. The Balaban J connectivity index is 2.02. The molecule has 3 aromatic rings. The first-order valence-corrected chi connectivity index (χ1v) is 6.54. The van der Waals surface area contributed by atoms with Crippen molar-refractivity contribution < 1.29 is 0 Å². The summed E-state index contributed by atoms with van der Waals surface area (Å²) in [6, 6.07) is 13.4. The first-order valence-electron chi connectivity index (χ1n) is 5.78. The highest BCUT2D eigenvalue weighted by molar-refractivity contribution is 6.42. The molecule has 1 heterocycles. The molecule has 2 aromatic carbocycles. The number of imidazole rings is 1. The summed E-state index contributed by atoms with van der Waals surface area (Å²) >= 11 is 12.0. The van der Waals surface area contributed by atoms with Crippen LogP contribution in [0.2, 0.25) is 10.0 Å². The van der Waals surface area contributed by atoms with E-state index in [2.05, 4.69) is 9.97 Å². The molecule has 19 heavy (non-hydrogen) atoms. The lowest BCUT2D eigenvalue weighted by Gasteiger charge is -2.16. The SMILES string of the molecule is CN(c1ccc(Cl)c(Cl)c1)c1nc2ccccc2[nH]1. The lowest BCUT2D eigenvalue weighted by molar-refractivity contribution is 1.11. The van der Waals surface area contributed by atoms with Crippen LogP contribution in [0.4, 0.5) is 11.6 Å². The van der Waals surface area contributed by atoms with Gasteiger partial charge in [-0.05, 0) is 30.3 Å². The Kier molecular flexibility index (Phi) is 3.09. The van der Waals surface area contributed by atoms with E-state index in [-0.39, 0.29) is 0 Å². The molecular weight excluding hydrogens is 281 g/mol. The average Bonchev–Trinajstić information content (AvgIpc) is 2.85. The van der Waals surface area contributed by atoms with E-state index in [1.807, 2.05) is 48.3 Å². The van der Waals surface area contributed by atoms with Gasteiger partial charge in [-0.1, -0.05) is 35.3 Å². The molecule has 1 N–H and O–H groups in total. The van der Waals surface area contributed by atoms with Gasteiger partial charge in [0.15, 0.2) is 0 Å². The first-order chi connectivity index (χ1) is 9.15. The van der Waals surface area contributed by atoms with Gasteiger partial charge in [-0.25, -0.2) is 4.98 Å². The zero-order chi connectivity index (χ0) is 13.4. The van der Waals surface area contributed by atoms with E-state index in [4.69, 9.17) is 23.2 Å². The van der Waals surface area contributed by atoms with Gasteiger partial charge in [0.05, 0.1) is 21.1 Å². The van der Waals surface area contributed by atoms with Gasteiger partial charge in [0, 0.05) is 12.7 Å². The second-order valence-electron chi connectivity index (χ2n) is 4.23. The van der Waals surface area contributed by atoms with Crippen molar-refractivity contribution in [3.05, 3.63) is 52.5 Å². The Bertz CT molecular complexity index is 703. The van der Waals surface area contributed by atoms with Crippen LogP contribution >= 0.6 is 23.2 Å². The molecule has 1 aromatic heterocycles. The Labute approximate surface area is 120 Å². The van der Waals surface area contributed by atoms with Crippen LogP contribution < -0.4 is 4.90 Å². The van der Waals surface area contributed by atoms with Crippen molar-refractivity contribution in [2.45, 2.75) is 0 Å². The van der Waals surface area contributed by atoms with E-state index in [1.54, 1.807) is 6.07 Å². The maximum absolute atomic E-state index is 6.03. The molecule has 0 spiro atoms. The van der Waals surface area contributed by atoms with Gasteiger partial charge in [-0.3, -0.25) is 0 Å². The topological polar surface area (TPSA) is 31.9 Å². The molecule has 0 radical (unpaired) electrons. The van der Waals surface area contributed by atoms with E-state index < -0.39 is 0 Å². The highest BCUT2D eigenvalue weighted by Crippen LogP contribution is 2.29. The van der Waals surface area contributed by atoms with Crippen molar-refractivity contribution in [1.29, 1.82) is 0 Å². The van der Waals surface area contributed by atoms with Crippen LogP contribution in [-0.2, 0) is 0 Å². The van der Waals surface area contributed by atoms with E-state index in [1.165, 1.54) is 0 Å². The van der Waals surface area contributed by atoms with Gasteiger partial charge in [-0.15, -0.1) is 0 Å². The summed E-state index contributed by atoms with van der Waals surface area (Å²) in [5.74, 6) is 0.764. The zero-order valence-electron chi connectivity index (χ0n) is 10.2. The normalized spacial score (nSPS) is 10.9. The molecule has 0 aliphatic heterocycles. The maximum atomic E-state index is 6.03. The number of aromatic amines is 1. The second kappa shape index (κ2) is 4.76. The molecule has 5 heteroatoms. The van der Waals surface area contributed by atoms with Crippen molar-refractivity contribution >= 4 is 45.9 Å². The van der Waals surface area contributed by atoms with Gasteiger partial charge >= 0.3 is 0 Å². The molecule has 0 bridgehead atoms. The van der Waals surface area contributed by atoms with Crippen LogP contribution in [0.3, 0.4) is 0 Å². The molecule has 0 fully saturated rings. The van der Waals surface area contributed by atoms with Gasteiger partial charge in [0.25, 0.3) is 0 Å². The molecular formula is C14H11Cl2N3. The number of H-pyrrole nitrogens is 1. The molecule has 3 rings (SSSR count). The molecule has 0 saturated carbocycles. The van der Waals surface area contributed by atoms with Crippen LogP contribution in [0.1, 0.15) is 0 Å². The zero-order valence-corrected chi connectivity index (χ0v) is 11.7. The van der Waals surface area contributed by atoms with Crippen molar-refractivity contribution in [3.8, 4) is 0 Å². The second-order valence-corrected chi connectivity index (χ2v) is 5.05. The smallest absolute Gasteiger partial charge is 0.208 e. The van der Waals surface area contributed by atoms with Gasteiger partial charge in [0.1, 0.15) is 0 Å². The average molecular weight is 292 g/mol. The molecule has 0 aliphatic rings. The number of nitrogens with one attached hydrogen (secondary N) is 1. The molecule has 3 nitrogen and oxygen atoms in total. The fourth-order valence-corrected chi connectivity index (χ4v) is 2.21. The Morgan fingerprint density at radius 1 is 1.05 bits per heavy atom. The van der Waals surface area contributed by atoms with Gasteiger partial charge in [0.2, 0.25) is 5.95 Å². The molecule has 96 valence electrons. The third-order valence-electron chi connectivity index (χ3n) is 2.99. The van der Waals surface area contributed by atoms with Crippen LogP contribution in [0.15, 0.2) is 42.5 Å². The third kappa shape index (κ3) is 2.27. The van der Waals surface area contributed by atoms with Gasteiger partial charge in [-0.2, -0.15) is 0 Å². The first kappa shape index (κ1) is 12.3. The Morgan fingerprint density at radius 3 is 2.58 bits per heavy atom. The number of rotatable bonds is 2. The van der Waals surface area contributed by atoms with Crippen LogP contribution in [0.25, 0.3) is 11.0 Å². The molecule has 0 amide bonds. The lowest BCUT2D eigenvalue weighted by atomic mass is 10.3. The lowest BCUT2D eigenvalue weighted by Crippen LogP contribution is -2.10. The molecule has 0 unspecified atom stereocenters. The van der Waals surface area contributed by atoms with Crippen LogP contribution in [0, 0.1) is 0 Å². The van der Waals surface area contributed by atoms with E-state index >= 15 is 0 Å². The van der Waals surface area contributed by atoms with Crippen LogP contribution in [0.5, 0.6) is 0 Å². The highest BCUT2D eigenvalue weighted by atomic mass is 35.5. The minimum atomic E-state index is 0.530. The van der Waals surface area contributed by atoms with Crippen molar-refractivity contribution in [1.82, 2.24) is 9.97 Å². The molecule has 0 atom stereocenters. The standard InChI is InChI=1S/C14H11Cl2N3/c1-19(9-6-7-10(15)11(16)8-9)14-17-12-4-2-3-5-13(12)18-14/h2-8H,1H3,(H,17,18). The quantitative estimate of drug-likeness (QED) is 0.746. The molecule has 0 saturated heterocycles. The number of hydrogen-bond acceptors (Lipinski definition) is 2. The number of benzene rings is 2.